The minimum Gasteiger partial charge on any atom is -0.469 e. The zero-order chi connectivity index (χ0) is 18.0. The topological polar surface area (TPSA) is 105 Å². The fourth-order valence-electron chi connectivity index (χ4n) is 4.43. The molecule has 0 spiro atoms. The van der Waals surface area contributed by atoms with E-state index in [1.165, 1.54) is 28.4 Å². The van der Waals surface area contributed by atoms with Crippen molar-refractivity contribution < 1.29 is 38.1 Å². The Kier molecular flexibility index (Phi) is 5.46. The fourth-order valence-corrected chi connectivity index (χ4v) is 4.43. The van der Waals surface area contributed by atoms with Crippen LogP contribution in [0.5, 0.6) is 0 Å². The second kappa shape index (κ2) is 7.19. The zero-order valence-electron chi connectivity index (χ0n) is 14.1. The van der Waals surface area contributed by atoms with Gasteiger partial charge in [-0.25, -0.2) is 0 Å². The molecule has 2 rings (SSSR count). The van der Waals surface area contributed by atoms with Crippen molar-refractivity contribution in [2.45, 2.75) is 12.8 Å². The normalized spacial score (nSPS) is 34.2. The summed E-state index contributed by atoms with van der Waals surface area (Å²) in [5.41, 5.74) is 0. The lowest BCUT2D eigenvalue weighted by molar-refractivity contribution is -0.153. The van der Waals surface area contributed by atoms with Gasteiger partial charge >= 0.3 is 23.9 Å². The summed E-state index contributed by atoms with van der Waals surface area (Å²) in [7, 11) is 5.01. The summed E-state index contributed by atoms with van der Waals surface area (Å²) in [6.45, 7) is 0. The van der Waals surface area contributed by atoms with Crippen LogP contribution < -0.4 is 0 Å². The van der Waals surface area contributed by atoms with Gasteiger partial charge in [-0.3, -0.25) is 19.2 Å². The van der Waals surface area contributed by atoms with Gasteiger partial charge in [-0.15, -0.1) is 0 Å². The van der Waals surface area contributed by atoms with E-state index in [1.54, 1.807) is 0 Å². The van der Waals surface area contributed by atoms with E-state index < -0.39 is 59.4 Å². The molecule has 0 amide bonds. The molecular weight excluding hydrogens is 320 g/mol. The predicted octanol–water partition coefficient (Wildman–Crippen LogP) is 0.183. The second-order valence-corrected chi connectivity index (χ2v) is 6.14. The van der Waals surface area contributed by atoms with Crippen LogP contribution in [0.25, 0.3) is 0 Å². The summed E-state index contributed by atoms with van der Waals surface area (Å²) in [5.74, 6) is -5.70. The third kappa shape index (κ3) is 2.85. The number of ether oxygens (including phenoxy) is 4. The number of hydrogen-bond donors (Lipinski definition) is 0. The van der Waals surface area contributed by atoms with Crippen LogP contribution in [0, 0.1) is 35.5 Å². The molecule has 0 unspecified atom stereocenters. The van der Waals surface area contributed by atoms with Crippen molar-refractivity contribution in [1.29, 1.82) is 0 Å². The number of methoxy groups -OCH3 is 4. The second-order valence-electron chi connectivity index (χ2n) is 6.14. The monoisotopic (exact) mass is 342 g/mol. The molecule has 0 aromatic carbocycles. The third-order valence-electron chi connectivity index (χ3n) is 5.33. The lowest BCUT2D eigenvalue weighted by Crippen LogP contribution is -2.32. The predicted molar refractivity (Wildman–Crippen MR) is 78.2 cm³/mol. The van der Waals surface area contributed by atoms with Crippen molar-refractivity contribution in [2.75, 3.05) is 28.4 Å². The summed E-state index contributed by atoms with van der Waals surface area (Å²) in [6.07, 6.45) is 0.353. The molecule has 0 bridgehead atoms. The van der Waals surface area contributed by atoms with E-state index in [0.29, 0.717) is 0 Å². The number of rotatable bonds is 4. The van der Waals surface area contributed by atoms with Crippen LogP contribution in [0.15, 0.2) is 0 Å². The largest absolute Gasteiger partial charge is 0.469 e. The highest BCUT2D eigenvalue weighted by atomic mass is 16.5. The Labute approximate surface area is 139 Å². The van der Waals surface area contributed by atoms with Crippen molar-refractivity contribution in [3.63, 3.8) is 0 Å². The Balaban J connectivity index is 2.46. The highest BCUT2D eigenvalue weighted by Crippen LogP contribution is 2.57. The molecule has 0 N–H and O–H groups in total. The van der Waals surface area contributed by atoms with E-state index in [9.17, 15) is 19.2 Å². The molecule has 0 aliphatic heterocycles. The first-order chi connectivity index (χ1) is 11.4. The zero-order valence-corrected chi connectivity index (χ0v) is 14.1. The number of esters is 4. The molecule has 2 aliphatic carbocycles. The molecule has 8 heteroatoms. The highest BCUT2D eigenvalue weighted by molar-refractivity contribution is 5.84. The molecule has 2 fully saturated rings. The first-order valence-corrected chi connectivity index (χ1v) is 7.72. The number of carbonyl (C=O) groups excluding carboxylic acids is 4. The fraction of sp³-hybridized carbons (Fsp3) is 0.750. The summed E-state index contributed by atoms with van der Waals surface area (Å²) in [6, 6.07) is 0. The van der Waals surface area contributed by atoms with Crippen LogP contribution in [-0.2, 0) is 38.1 Å². The van der Waals surface area contributed by atoms with E-state index in [2.05, 4.69) is 0 Å². The molecule has 2 aliphatic rings. The van der Waals surface area contributed by atoms with Gasteiger partial charge in [0.05, 0.1) is 52.1 Å². The molecule has 0 saturated heterocycles. The molecule has 0 heterocycles. The van der Waals surface area contributed by atoms with Crippen LogP contribution >= 0.6 is 0 Å². The van der Waals surface area contributed by atoms with Gasteiger partial charge in [0.25, 0.3) is 0 Å². The Morgan fingerprint density at radius 1 is 0.542 bits per heavy atom. The average Bonchev–Trinajstić information content (AvgIpc) is 3.17. The smallest absolute Gasteiger partial charge is 0.308 e. The van der Waals surface area contributed by atoms with E-state index in [1.807, 2.05) is 0 Å². The van der Waals surface area contributed by atoms with Crippen LogP contribution in [0.3, 0.4) is 0 Å². The van der Waals surface area contributed by atoms with E-state index in [0.717, 1.165) is 0 Å². The number of hydrogen-bond acceptors (Lipinski definition) is 8. The van der Waals surface area contributed by atoms with E-state index >= 15 is 0 Å². The van der Waals surface area contributed by atoms with Gasteiger partial charge in [-0.05, 0) is 24.7 Å². The van der Waals surface area contributed by atoms with Crippen LogP contribution in [0.1, 0.15) is 12.8 Å². The van der Waals surface area contributed by atoms with Gasteiger partial charge in [0, 0.05) is 0 Å². The molecule has 0 aromatic heterocycles. The molecular formula is C16H22O8. The average molecular weight is 342 g/mol. The molecule has 24 heavy (non-hydrogen) atoms. The van der Waals surface area contributed by atoms with E-state index in [4.69, 9.17) is 18.9 Å². The Morgan fingerprint density at radius 2 is 0.750 bits per heavy atom. The lowest BCUT2D eigenvalue weighted by atomic mass is 9.82. The third-order valence-corrected chi connectivity index (χ3v) is 5.33. The molecule has 0 radical (unpaired) electrons. The van der Waals surface area contributed by atoms with Crippen molar-refractivity contribution in [1.82, 2.24) is 0 Å². The maximum absolute atomic E-state index is 12.2. The number of carbonyl (C=O) groups is 4. The summed E-state index contributed by atoms with van der Waals surface area (Å²) >= 11 is 0. The summed E-state index contributed by atoms with van der Waals surface area (Å²) in [4.78, 5) is 48.7. The Hall–Kier alpha value is -2.12. The van der Waals surface area contributed by atoms with Crippen molar-refractivity contribution in [2.24, 2.45) is 35.5 Å². The van der Waals surface area contributed by atoms with Gasteiger partial charge in [0.15, 0.2) is 0 Å². The molecule has 0 aromatic rings. The van der Waals surface area contributed by atoms with Gasteiger partial charge in [-0.2, -0.15) is 0 Å². The SMILES string of the molecule is COC(=O)[C@H]1C[C@@H](C(=O)OC)C2C1[C@@H](C(=O)OC)C[C@H]2C(=O)OC. The Bertz CT molecular complexity index is 450. The van der Waals surface area contributed by atoms with Crippen LogP contribution in [0.4, 0.5) is 0 Å². The van der Waals surface area contributed by atoms with Crippen molar-refractivity contribution in [3.8, 4) is 0 Å². The van der Waals surface area contributed by atoms with E-state index in [-0.39, 0.29) is 12.8 Å². The lowest BCUT2D eigenvalue weighted by Gasteiger charge is -2.23. The molecule has 8 nitrogen and oxygen atoms in total. The minimum atomic E-state index is -0.664. The minimum absolute atomic E-state index is 0.176. The molecule has 4 atom stereocenters. The van der Waals surface area contributed by atoms with Gasteiger partial charge in [-0.1, -0.05) is 0 Å². The van der Waals surface area contributed by atoms with Crippen LogP contribution in [0.2, 0.25) is 0 Å². The quantitative estimate of drug-likeness (QED) is 0.526. The maximum Gasteiger partial charge on any atom is 0.308 e. The van der Waals surface area contributed by atoms with Gasteiger partial charge in [0.1, 0.15) is 0 Å². The standard InChI is InChI=1S/C16H22O8/c1-21-13(17)7-5-8(14(18)22-2)12-10(16(20)24-4)6-9(11(7)12)15(19)23-3/h7-12H,5-6H2,1-4H3/t7-,8+,9-,10+,11?,12?. The Morgan fingerprint density at radius 3 is 0.917 bits per heavy atom. The van der Waals surface area contributed by atoms with Gasteiger partial charge < -0.3 is 18.9 Å². The number of fused-ring (bicyclic) bond motifs is 1. The first-order valence-electron chi connectivity index (χ1n) is 7.72. The van der Waals surface area contributed by atoms with Gasteiger partial charge in [0.2, 0.25) is 0 Å². The van der Waals surface area contributed by atoms with Crippen molar-refractivity contribution >= 4 is 23.9 Å². The first kappa shape index (κ1) is 18.2. The van der Waals surface area contributed by atoms with Crippen LogP contribution in [-0.4, -0.2) is 52.3 Å². The molecule has 2 saturated carbocycles. The maximum atomic E-state index is 12.2. The molecule has 134 valence electrons. The summed E-state index contributed by atoms with van der Waals surface area (Å²) in [5, 5.41) is 0. The highest BCUT2D eigenvalue weighted by Gasteiger charge is 2.63. The summed E-state index contributed by atoms with van der Waals surface area (Å²) < 4.78 is 19.3. The van der Waals surface area contributed by atoms with Crippen molar-refractivity contribution in [3.05, 3.63) is 0 Å².